The van der Waals surface area contributed by atoms with Gasteiger partial charge in [0.2, 0.25) is 0 Å². The van der Waals surface area contributed by atoms with Crippen molar-refractivity contribution in [1.29, 1.82) is 0 Å². The molecule has 19 heavy (non-hydrogen) atoms. The molecular weight excluding hydrogens is 252 g/mol. The average molecular weight is 266 g/mol. The Morgan fingerprint density at radius 2 is 1.89 bits per heavy atom. The Balaban J connectivity index is 2.35. The highest BCUT2D eigenvalue weighted by molar-refractivity contribution is 5.96. The van der Waals surface area contributed by atoms with Gasteiger partial charge in [-0.1, -0.05) is 18.2 Å². The summed E-state index contributed by atoms with van der Waals surface area (Å²) >= 11 is 0. The quantitative estimate of drug-likeness (QED) is 0.740. The number of ether oxygens (including phenoxy) is 2. The lowest BCUT2D eigenvalue weighted by atomic mass is 10.3. The zero-order valence-corrected chi connectivity index (χ0v) is 10.3. The summed E-state index contributed by atoms with van der Waals surface area (Å²) in [6.07, 6.45) is -1.13. The number of para-hydroxylation sites is 1. The Labute approximate surface area is 109 Å². The number of urea groups is 1. The number of benzene rings is 1. The molecule has 0 aliphatic carbocycles. The van der Waals surface area contributed by atoms with Gasteiger partial charge >= 0.3 is 12.0 Å². The number of nitrogens with two attached hydrogens (primary N) is 1. The Kier molecular flexibility index (Phi) is 5.34. The molecule has 0 saturated carbocycles. The summed E-state index contributed by atoms with van der Waals surface area (Å²) in [6, 6.07) is 7.66. The van der Waals surface area contributed by atoms with Crippen LogP contribution >= 0.6 is 0 Å². The number of carbonyl (C=O) groups is 3. The lowest BCUT2D eigenvalue weighted by Gasteiger charge is -2.12. The maximum absolute atomic E-state index is 11.4. The summed E-state index contributed by atoms with van der Waals surface area (Å²) < 4.78 is 9.88. The number of hydrogen-bond donors (Lipinski definition) is 2. The summed E-state index contributed by atoms with van der Waals surface area (Å²) in [4.78, 5) is 33.0. The van der Waals surface area contributed by atoms with Crippen molar-refractivity contribution in [3.63, 3.8) is 0 Å². The highest BCUT2D eigenvalue weighted by Gasteiger charge is 2.19. The van der Waals surface area contributed by atoms with Crippen molar-refractivity contribution in [2.75, 3.05) is 6.61 Å². The lowest BCUT2D eigenvalue weighted by Crippen LogP contribution is -2.42. The molecule has 7 nitrogen and oxygen atoms in total. The van der Waals surface area contributed by atoms with Gasteiger partial charge in [0.05, 0.1) is 0 Å². The first-order valence-corrected chi connectivity index (χ1v) is 5.46. The third kappa shape index (κ3) is 5.53. The van der Waals surface area contributed by atoms with Gasteiger partial charge in [-0.2, -0.15) is 0 Å². The van der Waals surface area contributed by atoms with E-state index in [1.165, 1.54) is 6.92 Å². The number of carbonyl (C=O) groups excluding carboxylic acids is 3. The Morgan fingerprint density at radius 3 is 2.47 bits per heavy atom. The van der Waals surface area contributed by atoms with Crippen LogP contribution in [-0.4, -0.2) is 30.6 Å². The standard InChI is InChI=1S/C12H14N2O5/c1-8(11(16)14-12(13)17)19-10(15)7-18-9-5-3-2-4-6-9/h2-6,8H,7H2,1H3,(H3,13,14,16,17)/t8-/m0/s1. The zero-order chi connectivity index (χ0) is 14.3. The van der Waals surface area contributed by atoms with Gasteiger partial charge in [-0.05, 0) is 19.1 Å². The van der Waals surface area contributed by atoms with Gasteiger partial charge in [0.1, 0.15) is 5.75 Å². The fourth-order valence-electron chi connectivity index (χ4n) is 1.17. The monoisotopic (exact) mass is 266 g/mol. The van der Waals surface area contributed by atoms with E-state index in [0.717, 1.165) is 0 Å². The molecule has 1 rings (SSSR count). The summed E-state index contributed by atoms with van der Waals surface area (Å²) in [5, 5.41) is 1.80. The van der Waals surface area contributed by atoms with Crippen LogP contribution in [0.2, 0.25) is 0 Å². The summed E-state index contributed by atoms with van der Waals surface area (Å²) in [5.74, 6) is -1.01. The first kappa shape index (κ1) is 14.5. The molecule has 0 unspecified atom stereocenters. The van der Waals surface area contributed by atoms with E-state index in [4.69, 9.17) is 15.2 Å². The third-order valence-corrected chi connectivity index (χ3v) is 2.02. The smallest absolute Gasteiger partial charge is 0.344 e. The van der Waals surface area contributed by atoms with Crippen LogP contribution in [0, 0.1) is 0 Å². The van der Waals surface area contributed by atoms with E-state index in [-0.39, 0.29) is 6.61 Å². The van der Waals surface area contributed by atoms with Crippen LogP contribution < -0.4 is 15.8 Å². The van der Waals surface area contributed by atoms with Crippen molar-refractivity contribution in [1.82, 2.24) is 5.32 Å². The zero-order valence-electron chi connectivity index (χ0n) is 10.3. The number of amides is 3. The predicted molar refractivity (Wildman–Crippen MR) is 65.2 cm³/mol. The van der Waals surface area contributed by atoms with Crippen LogP contribution in [0.4, 0.5) is 4.79 Å². The van der Waals surface area contributed by atoms with E-state index in [1.807, 2.05) is 0 Å². The Bertz CT molecular complexity index is 460. The number of imide groups is 1. The van der Waals surface area contributed by atoms with Gasteiger partial charge in [0, 0.05) is 0 Å². The molecular formula is C12H14N2O5. The molecule has 3 amide bonds. The van der Waals surface area contributed by atoms with Crippen molar-refractivity contribution in [3.8, 4) is 5.75 Å². The lowest BCUT2D eigenvalue weighted by molar-refractivity contribution is -0.156. The minimum atomic E-state index is -1.13. The highest BCUT2D eigenvalue weighted by atomic mass is 16.6. The van der Waals surface area contributed by atoms with E-state index < -0.39 is 24.0 Å². The summed E-state index contributed by atoms with van der Waals surface area (Å²) in [5.41, 5.74) is 4.76. The second-order valence-corrected chi connectivity index (χ2v) is 3.59. The van der Waals surface area contributed by atoms with Crippen molar-refractivity contribution in [2.24, 2.45) is 5.73 Å². The number of nitrogens with one attached hydrogen (secondary N) is 1. The summed E-state index contributed by atoms with van der Waals surface area (Å²) in [6.45, 7) is 0.983. The van der Waals surface area contributed by atoms with Crippen LogP contribution in [0.15, 0.2) is 30.3 Å². The molecule has 1 aromatic rings. The first-order chi connectivity index (χ1) is 8.99. The normalized spacial score (nSPS) is 11.2. The molecule has 1 atom stereocenters. The van der Waals surface area contributed by atoms with E-state index in [0.29, 0.717) is 5.75 Å². The number of esters is 1. The van der Waals surface area contributed by atoms with E-state index in [9.17, 15) is 14.4 Å². The van der Waals surface area contributed by atoms with Crippen molar-refractivity contribution in [3.05, 3.63) is 30.3 Å². The molecule has 0 radical (unpaired) electrons. The second kappa shape index (κ2) is 7.00. The predicted octanol–water partition coefficient (Wildman–Crippen LogP) is 0.192. The van der Waals surface area contributed by atoms with E-state index >= 15 is 0 Å². The van der Waals surface area contributed by atoms with Crippen LogP contribution in [0.5, 0.6) is 5.75 Å². The molecule has 0 aliphatic rings. The van der Waals surface area contributed by atoms with Crippen LogP contribution in [0.1, 0.15) is 6.92 Å². The Hall–Kier alpha value is -2.57. The topological polar surface area (TPSA) is 108 Å². The molecule has 0 saturated heterocycles. The first-order valence-electron chi connectivity index (χ1n) is 5.46. The van der Waals surface area contributed by atoms with Crippen molar-refractivity contribution < 1.29 is 23.9 Å². The minimum absolute atomic E-state index is 0.335. The SMILES string of the molecule is C[C@H](OC(=O)COc1ccccc1)C(=O)NC(N)=O. The summed E-state index contributed by atoms with van der Waals surface area (Å²) in [7, 11) is 0. The van der Waals surface area contributed by atoms with Gasteiger partial charge in [-0.25, -0.2) is 9.59 Å². The molecule has 0 fully saturated rings. The fourth-order valence-corrected chi connectivity index (χ4v) is 1.17. The van der Waals surface area contributed by atoms with Crippen molar-refractivity contribution >= 4 is 17.9 Å². The average Bonchev–Trinajstić information content (AvgIpc) is 2.36. The number of primary amides is 1. The van der Waals surface area contributed by atoms with E-state index in [1.54, 1.807) is 35.6 Å². The minimum Gasteiger partial charge on any atom is -0.482 e. The largest absolute Gasteiger partial charge is 0.482 e. The molecule has 7 heteroatoms. The fraction of sp³-hybridized carbons (Fsp3) is 0.250. The van der Waals surface area contributed by atoms with Crippen LogP contribution in [0.3, 0.4) is 0 Å². The molecule has 0 spiro atoms. The Morgan fingerprint density at radius 1 is 1.26 bits per heavy atom. The second-order valence-electron chi connectivity index (χ2n) is 3.59. The van der Waals surface area contributed by atoms with Gasteiger partial charge < -0.3 is 15.2 Å². The van der Waals surface area contributed by atoms with Gasteiger partial charge in [0.25, 0.3) is 5.91 Å². The molecule has 0 bridgehead atoms. The van der Waals surface area contributed by atoms with Gasteiger partial charge in [-0.3, -0.25) is 10.1 Å². The number of rotatable bonds is 5. The molecule has 1 aromatic carbocycles. The highest BCUT2D eigenvalue weighted by Crippen LogP contribution is 2.08. The maximum Gasteiger partial charge on any atom is 0.344 e. The molecule has 0 heterocycles. The van der Waals surface area contributed by atoms with Crippen molar-refractivity contribution in [2.45, 2.75) is 13.0 Å². The van der Waals surface area contributed by atoms with Gasteiger partial charge in [-0.15, -0.1) is 0 Å². The van der Waals surface area contributed by atoms with E-state index in [2.05, 4.69) is 0 Å². The molecule has 0 aromatic heterocycles. The van der Waals surface area contributed by atoms with Crippen LogP contribution in [0.25, 0.3) is 0 Å². The molecule has 0 aliphatic heterocycles. The van der Waals surface area contributed by atoms with Gasteiger partial charge in [0.15, 0.2) is 12.7 Å². The molecule has 3 N–H and O–H groups in total. The number of hydrogen-bond acceptors (Lipinski definition) is 5. The van der Waals surface area contributed by atoms with Crippen LogP contribution in [-0.2, 0) is 14.3 Å². The third-order valence-electron chi connectivity index (χ3n) is 2.02. The molecule has 102 valence electrons. The maximum atomic E-state index is 11.4.